The normalized spacial score (nSPS) is 10.4. The largest absolute Gasteiger partial charge is 0.452 e. The summed E-state index contributed by atoms with van der Waals surface area (Å²) < 4.78 is 30.5. The van der Waals surface area contributed by atoms with Gasteiger partial charge in [0.1, 0.15) is 6.29 Å². The predicted molar refractivity (Wildman–Crippen MR) is 59.9 cm³/mol. The number of methoxy groups -OCH3 is 1. The summed E-state index contributed by atoms with van der Waals surface area (Å²) in [5.74, 6) is 0. The fourth-order valence-corrected chi connectivity index (χ4v) is 1.76. The lowest BCUT2D eigenvalue weighted by atomic mass is 10.2. The maximum absolute atomic E-state index is 11.3. The number of hydrogen-bond acceptors (Lipinski definition) is 5. The molecule has 1 aromatic carbocycles. The van der Waals surface area contributed by atoms with E-state index in [9.17, 15) is 18.0 Å². The van der Waals surface area contributed by atoms with E-state index in [1.165, 1.54) is 24.3 Å². The Labute approximate surface area is 98.0 Å². The Morgan fingerprint density at radius 2 is 1.88 bits per heavy atom. The first-order valence-electron chi connectivity index (χ1n) is 4.40. The smallest absolute Gasteiger partial charge is 0.422 e. The molecule has 0 saturated carbocycles. The average Bonchev–Trinajstić information content (AvgIpc) is 2.28. The van der Waals surface area contributed by atoms with Crippen molar-refractivity contribution in [2.24, 2.45) is 0 Å². The van der Waals surface area contributed by atoms with E-state index in [0.717, 1.165) is 7.11 Å². The van der Waals surface area contributed by atoms with Gasteiger partial charge in [-0.15, -0.1) is 0 Å². The highest BCUT2D eigenvalue weighted by Crippen LogP contribution is 2.09. The van der Waals surface area contributed by atoms with Crippen molar-refractivity contribution in [2.75, 3.05) is 11.8 Å². The number of carbonyl (C=O) groups is 2. The Morgan fingerprint density at radius 1 is 1.29 bits per heavy atom. The lowest BCUT2D eigenvalue weighted by Gasteiger charge is -2.08. The molecule has 1 rings (SSSR count). The number of carbonyl (C=O) groups excluding carboxylic acids is 2. The minimum absolute atomic E-state index is 0.215. The zero-order chi connectivity index (χ0) is 12.9. The molecule has 0 unspecified atom stereocenters. The van der Waals surface area contributed by atoms with Gasteiger partial charge in [-0.3, -0.25) is 9.52 Å². The number of benzene rings is 1. The number of anilines is 1. The third-order valence-corrected chi connectivity index (χ3v) is 2.64. The van der Waals surface area contributed by atoms with E-state index in [1.807, 2.05) is 0 Å². The molecule has 0 radical (unpaired) electrons. The van der Waals surface area contributed by atoms with Gasteiger partial charge >= 0.3 is 16.3 Å². The van der Waals surface area contributed by atoms with Gasteiger partial charge in [-0.1, -0.05) is 0 Å². The number of hydrogen-bond donors (Lipinski definition) is 2. The standard InChI is InChI=1S/C9H10N2O5S/c1-16-9(13)11-17(14,15)10-8-4-2-7(6-12)3-5-8/h2-6,10H,1H3,(H,11,13). The number of nitrogens with one attached hydrogen (secondary N) is 2. The maximum Gasteiger partial charge on any atom is 0.422 e. The fraction of sp³-hybridized carbons (Fsp3) is 0.111. The second kappa shape index (κ2) is 5.30. The first-order chi connectivity index (χ1) is 7.96. The summed E-state index contributed by atoms with van der Waals surface area (Å²) in [6.45, 7) is 0. The van der Waals surface area contributed by atoms with E-state index in [2.05, 4.69) is 9.46 Å². The van der Waals surface area contributed by atoms with Crippen LogP contribution in [0.5, 0.6) is 0 Å². The Hall–Kier alpha value is -2.09. The van der Waals surface area contributed by atoms with Crippen molar-refractivity contribution in [3.8, 4) is 0 Å². The quantitative estimate of drug-likeness (QED) is 0.766. The van der Waals surface area contributed by atoms with E-state index < -0.39 is 16.3 Å². The zero-order valence-corrected chi connectivity index (χ0v) is 9.65. The molecule has 0 aromatic heterocycles. The van der Waals surface area contributed by atoms with Crippen LogP contribution in [0.15, 0.2) is 24.3 Å². The Balaban J connectivity index is 2.76. The highest BCUT2D eigenvalue weighted by Gasteiger charge is 2.13. The molecule has 0 aliphatic carbocycles. The summed E-state index contributed by atoms with van der Waals surface area (Å²) >= 11 is 0. The molecule has 2 N–H and O–H groups in total. The SMILES string of the molecule is COC(=O)NS(=O)(=O)Nc1ccc(C=O)cc1. The summed E-state index contributed by atoms with van der Waals surface area (Å²) in [5.41, 5.74) is 0.626. The number of aldehydes is 1. The molecule has 92 valence electrons. The maximum atomic E-state index is 11.3. The van der Waals surface area contributed by atoms with Gasteiger partial charge in [0.05, 0.1) is 12.8 Å². The molecule has 8 heteroatoms. The van der Waals surface area contributed by atoms with Crippen LogP contribution in [0.3, 0.4) is 0 Å². The van der Waals surface area contributed by atoms with Crippen LogP contribution >= 0.6 is 0 Å². The van der Waals surface area contributed by atoms with E-state index >= 15 is 0 Å². The number of amides is 1. The zero-order valence-electron chi connectivity index (χ0n) is 8.84. The number of ether oxygens (including phenoxy) is 1. The first kappa shape index (κ1) is 13.0. The van der Waals surface area contributed by atoms with Gasteiger partial charge < -0.3 is 4.74 Å². The van der Waals surface area contributed by atoms with Crippen molar-refractivity contribution in [1.82, 2.24) is 4.72 Å². The van der Waals surface area contributed by atoms with Crippen molar-refractivity contribution in [1.29, 1.82) is 0 Å². The van der Waals surface area contributed by atoms with Gasteiger partial charge in [-0.25, -0.2) is 9.52 Å². The number of rotatable bonds is 4. The predicted octanol–water partition coefficient (Wildman–Crippen LogP) is 0.512. The highest BCUT2D eigenvalue weighted by atomic mass is 32.2. The van der Waals surface area contributed by atoms with E-state index in [4.69, 9.17) is 0 Å². The van der Waals surface area contributed by atoms with Crippen LogP contribution < -0.4 is 9.44 Å². The fourth-order valence-electron chi connectivity index (χ4n) is 0.962. The van der Waals surface area contributed by atoms with Crippen LogP contribution in [0.1, 0.15) is 10.4 Å². The monoisotopic (exact) mass is 258 g/mol. The summed E-state index contributed by atoms with van der Waals surface area (Å²) in [4.78, 5) is 21.1. The minimum atomic E-state index is -4.03. The molecule has 0 heterocycles. The summed E-state index contributed by atoms with van der Waals surface area (Å²) in [6.07, 6.45) is -0.465. The molecular weight excluding hydrogens is 248 g/mol. The van der Waals surface area contributed by atoms with Crippen molar-refractivity contribution in [3.05, 3.63) is 29.8 Å². The van der Waals surface area contributed by atoms with Gasteiger partial charge in [-0.2, -0.15) is 8.42 Å². The second-order valence-corrected chi connectivity index (χ2v) is 4.35. The molecule has 17 heavy (non-hydrogen) atoms. The van der Waals surface area contributed by atoms with Gasteiger partial charge in [0.15, 0.2) is 0 Å². The molecule has 1 aromatic rings. The van der Waals surface area contributed by atoms with E-state index in [-0.39, 0.29) is 5.69 Å². The van der Waals surface area contributed by atoms with Crippen LogP contribution in [-0.2, 0) is 14.9 Å². The topological polar surface area (TPSA) is 102 Å². The Kier molecular flexibility index (Phi) is 4.05. The third-order valence-electron chi connectivity index (χ3n) is 1.70. The van der Waals surface area contributed by atoms with Gasteiger partial charge in [0, 0.05) is 5.56 Å². The molecule has 1 amide bonds. The summed E-state index contributed by atoms with van der Waals surface area (Å²) in [6, 6.07) is 5.65. The Bertz CT molecular complexity index is 509. The third kappa shape index (κ3) is 4.11. The molecule has 0 fully saturated rings. The van der Waals surface area contributed by atoms with Crippen LogP contribution in [0, 0.1) is 0 Å². The van der Waals surface area contributed by atoms with Gasteiger partial charge in [0.25, 0.3) is 0 Å². The van der Waals surface area contributed by atoms with Crippen LogP contribution in [0.2, 0.25) is 0 Å². The highest BCUT2D eigenvalue weighted by molar-refractivity contribution is 7.91. The summed E-state index contributed by atoms with van der Waals surface area (Å²) in [7, 11) is -2.98. The summed E-state index contributed by atoms with van der Waals surface area (Å²) in [5, 5.41) is 0. The molecule has 0 saturated heterocycles. The van der Waals surface area contributed by atoms with Gasteiger partial charge in [-0.05, 0) is 24.3 Å². The van der Waals surface area contributed by atoms with Crippen molar-refractivity contribution < 1.29 is 22.7 Å². The van der Waals surface area contributed by atoms with Crippen molar-refractivity contribution >= 4 is 28.3 Å². The molecule has 7 nitrogen and oxygen atoms in total. The van der Waals surface area contributed by atoms with E-state index in [0.29, 0.717) is 11.8 Å². The van der Waals surface area contributed by atoms with Crippen LogP contribution in [0.4, 0.5) is 10.5 Å². The van der Waals surface area contributed by atoms with Crippen molar-refractivity contribution in [2.45, 2.75) is 0 Å². The lowest BCUT2D eigenvalue weighted by Crippen LogP contribution is -2.35. The lowest BCUT2D eigenvalue weighted by molar-refractivity contribution is 0.112. The van der Waals surface area contributed by atoms with E-state index in [1.54, 1.807) is 4.72 Å². The Morgan fingerprint density at radius 3 is 2.35 bits per heavy atom. The van der Waals surface area contributed by atoms with Crippen LogP contribution in [-0.4, -0.2) is 27.9 Å². The average molecular weight is 258 g/mol. The molecule has 0 atom stereocenters. The molecule has 0 bridgehead atoms. The minimum Gasteiger partial charge on any atom is -0.452 e. The molecule has 0 aliphatic heterocycles. The van der Waals surface area contributed by atoms with Gasteiger partial charge in [0.2, 0.25) is 0 Å². The van der Waals surface area contributed by atoms with Crippen LogP contribution in [0.25, 0.3) is 0 Å². The molecular formula is C9H10N2O5S. The van der Waals surface area contributed by atoms with Crippen molar-refractivity contribution in [3.63, 3.8) is 0 Å². The second-order valence-electron chi connectivity index (χ2n) is 2.94. The first-order valence-corrected chi connectivity index (χ1v) is 5.89. The molecule has 0 aliphatic rings. The molecule has 0 spiro atoms.